The largest absolute Gasteiger partial charge is 0.369 e. The molecule has 29 heavy (non-hydrogen) atoms. The van der Waals surface area contributed by atoms with Gasteiger partial charge in [-0.2, -0.15) is 0 Å². The number of rotatable bonds is 7. The smallest absolute Gasteiger partial charge is 0.0953 e. The lowest BCUT2D eigenvalue weighted by Crippen LogP contribution is -2.43. The molecule has 0 atom stereocenters. The highest BCUT2D eigenvalue weighted by atomic mass is 16.8. The van der Waals surface area contributed by atoms with Crippen LogP contribution < -0.4 is 4.90 Å². The molecular weight excluding hydrogens is 362 g/mol. The summed E-state index contributed by atoms with van der Waals surface area (Å²) in [5, 5.41) is 3.72. The number of hydrogen-bond acceptors (Lipinski definition) is 5. The van der Waals surface area contributed by atoms with Crippen molar-refractivity contribution in [2.24, 2.45) is 0 Å². The van der Waals surface area contributed by atoms with Crippen LogP contribution in [0.4, 0.5) is 5.69 Å². The van der Waals surface area contributed by atoms with Gasteiger partial charge in [0.1, 0.15) is 0 Å². The zero-order chi connectivity index (χ0) is 19.7. The van der Waals surface area contributed by atoms with Crippen molar-refractivity contribution >= 4 is 5.69 Å². The van der Waals surface area contributed by atoms with E-state index in [1.54, 1.807) is 0 Å². The van der Waals surface area contributed by atoms with Crippen molar-refractivity contribution in [1.29, 1.82) is 0 Å². The Kier molecular flexibility index (Phi) is 6.89. The minimum Gasteiger partial charge on any atom is -0.369 e. The van der Waals surface area contributed by atoms with Gasteiger partial charge in [-0.25, -0.2) is 0 Å². The Hall–Kier alpha value is -2.70. The summed E-state index contributed by atoms with van der Waals surface area (Å²) in [5.41, 5.74) is 3.50. The van der Waals surface area contributed by atoms with Crippen molar-refractivity contribution in [3.63, 3.8) is 0 Å². The van der Waals surface area contributed by atoms with Crippen LogP contribution in [-0.2, 0) is 22.9 Å². The van der Waals surface area contributed by atoms with E-state index in [0.717, 1.165) is 37.3 Å². The molecule has 5 heteroatoms. The molecule has 0 N–H and O–H groups in total. The van der Waals surface area contributed by atoms with Crippen LogP contribution in [0, 0.1) is 0 Å². The molecule has 1 aliphatic heterocycles. The molecular formula is C24H27N3O2. The summed E-state index contributed by atoms with van der Waals surface area (Å²) in [5.74, 6) is 0. The zero-order valence-electron chi connectivity index (χ0n) is 16.6. The number of hydroxylamine groups is 2. The number of anilines is 1. The third kappa shape index (κ3) is 5.65. The molecule has 0 radical (unpaired) electrons. The summed E-state index contributed by atoms with van der Waals surface area (Å²) < 4.78 is 0. The Morgan fingerprint density at radius 3 is 1.38 bits per heavy atom. The molecule has 4 rings (SSSR count). The molecule has 3 aromatic carbocycles. The third-order valence-electron chi connectivity index (χ3n) is 4.94. The average molecular weight is 389 g/mol. The Labute approximate surface area is 172 Å². The van der Waals surface area contributed by atoms with E-state index in [-0.39, 0.29) is 0 Å². The van der Waals surface area contributed by atoms with Crippen molar-refractivity contribution < 1.29 is 9.68 Å². The predicted octanol–water partition coefficient (Wildman–Crippen LogP) is 4.29. The summed E-state index contributed by atoms with van der Waals surface area (Å²) in [6, 6.07) is 30.9. The summed E-state index contributed by atoms with van der Waals surface area (Å²) >= 11 is 0. The van der Waals surface area contributed by atoms with E-state index in [1.165, 1.54) is 5.69 Å². The van der Waals surface area contributed by atoms with Gasteiger partial charge in [-0.3, -0.25) is 9.68 Å². The maximum absolute atomic E-state index is 6.14. The quantitative estimate of drug-likeness (QED) is 0.601. The van der Waals surface area contributed by atoms with Gasteiger partial charge in [0, 0.05) is 18.8 Å². The number of para-hydroxylation sites is 1. The molecule has 150 valence electrons. The van der Waals surface area contributed by atoms with E-state index in [2.05, 4.69) is 53.4 Å². The summed E-state index contributed by atoms with van der Waals surface area (Å²) in [6.45, 7) is 4.19. The first-order chi connectivity index (χ1) is 14.4. The second kappa shape index (κ2) is 10.2. The second-order valence-electron chi connectivity index (χ2n) is 6.99. The fraction of sp³-hybridized carbons (Fsp3) is 0.250. The lowest BCUT2D eigenvalue weighted by Gasteiger charge is -2.30. The Balaban J connectivity index is 1.43. The van der Waals surface area contributed by atoms with Crippen molar-refractivity contribution in [2.45, 2.75) is 13.2 Å². The lowest BCUT2D eigenvalue weighted by molar-refractivity contribution is -0.409. The molecule has 1 aliphatic rings. The predicted molar refractivity (Wildman–Crippen MR) is 115 cm³/mol. The fourth-order valence-corrected chi connectivity index (χ4v) is 3.35. The summed E-state index contributed by atoms with van der Waals surface area (Å²) in [7, 11) is 0. The maximum Gasteiger partial charge on any atom is 0.0953 e. The van der Waals surface area contributed by atoms with E-state index in [9.17, 15) is 0 Å². The number of nitrogens with zero attached hydrogens (tertiary/aromatic N) is 3. The highest BCUT2D eigenvalue weighted by molar-refractivity contribution is 5.46. The van der Waals surface area contributed by atoms with Crippen LogP contribution in [0.15, 0.2) is 91.0 Å². The summed E-state index contributed by atoms with van der Waals surface area (Å²) in [4.78, 5) is 14.6. The number of benzene rings is 3. The summed E-state index contributed by atoms with van der Waals surface area (Å²) in [6.07, 6.45) is 0. The first kappa shape index (κ1) is 19.6. The molecule has 1 saturated heterocycles. The topological polar surface area (TPSA) is 28.2 Å². The SMILES string of the molecule is c1ccc(CON2CCN(c3ccccc3)CCN2OCc2ccccc2)cc1. The van der Waals surface area contributed by atoms with Crippen LogP contribution in [0.2, 0.25) is 0 Å². The Morgan fingerprint density at radius 1 is 0.517 bits per heavy atom. The second-order valence-corrected chi connectivity index (χ2v) is 6.99. The van der Waals surface area contributed by atoms with Crippen molar-refractivity contribution in [3.05, 3.63) is 102 Å². The van der Waals surface area contributed by atoms with Gasteiger partial charge in [0.25, 0.3) is 0 Å². The average Bonchev–Trinajstić information content (AvgIpc) is 3.00. The highest BCUT2D eigenvalue weighted by Crippen LogP contribution is 2.18. The van der Waals surface area contributed by atoms with Crippen molar-refractivity contribution in [1.82, 2.24) is 10.3 Å². The molecule has 0 bridgehead atoms. The van der Waals surface area contributed by atoms with Crippen LogP contribution in [0.25, 0.3) is 0 Å². The van der Waals surface area contributed by atoms with E-state index in [4.69, 9.17) is 9.68 Å². The van der Waals surface area contributed by atoms with Gasteiger partial charge in [-0.1, -0.05) is 89.2 Å². The van der Waals surface area contributed by atoms with Gasteiger partial charge >= 0.3 is 0 Å². The van der Waals surface area contributed by atoms with Crippen LogP contribution in [0.3, 0.4) is 0 Å². The van der Waals surface area contributed by atoms with Crippen LogP contribution in [-0.4, -0.2) is 36.5 Å². The van der Waals surface area contributed by atoms with Gasteiger partial charge in [-0.05, 0) is 23.3 Å². The number of hydrazine groups is 1. The standard InChI is InChI=1S/C24H27N3O2/c1-4-10-22(11-5-1)20-28-26-18-16-25(24-14-8-3-9-15-24)17-19-27(26)29-21-23-12-6-2-7-13-23/h1-15H,16-21H2. The third-order valence-corrected chi connectivity index (χ3v) is 4.94. The normalized spacial score (nSPS) is 15.9. The molecule has 0 spiro atoms. The Bertz CT molecular complexity index is 792. The molecule has 1 heterocycles. The molecule has 5 nitrogen and oxygen atoms in total. The zero-order valence-corrected chi connectivity index (χ0v) is 16.6. The minimum atomic E-state index is 0.511. The van der Waals surface area contributed by atoms with E-state index in [1.807, 2.05) is 52.8 Å². The minimum absolute atomic E-state index is 0.511. The monoisotopic (exact) mass is 389 g/mol. The van der Waals surface area contributed by atoms with E-state index >= 15 is 0 Å². The molecule has 0 aliphatic carbocycles. The molecule has 0 aromatic heterocycles. The van der Waals surface area contributed by atoms with Gasteiger partial charge in [0.05, 0.1) is 26.3 Å². The van der Waals surface area contributed by atoms with Crippen LogP contribution in [0.1, 0.15) is 11.1 Å². The van der Waals surface area contributed by atoms with Gasteiger partial charge < -0.3 is 4.90 Å². The molecule has 1 fully saturated rings. The molecule has 0 amide bonds. The van der Waals surface area contributed by atoms with Crippen LogP contribution >= 0.6 is 0 Å². The first-order valence-corrected chi connectivity index (χ1v) is 10.1. The van der Waals surface area contributed by atoms with Crippen LogP contribution in [0.5, 0.6) is 0 Å². The lowest BCUT2D eigenvalue weighted by atomic mass is 10.2. The fourth-order valence-electron chi connectivity index (χ4n) is 3.35. The van der Waals surface area contributed by atoms with E-state index < -0.39 is 0 Å². The van der Waals surface area contributed by atoms with Gasteiger partial charge in [0.2, 0.25) is 0 Å². The molecule has 3 aromatic rings. The first-order valence-electron chi connectivity index (χ1n) is 10.1. The van der Waals surface area contributed by atoms with E-state index in [0.29, 0.717) is 13.2 Å². The molecule has 0 unspecified atom stereocenters. The van der Waals surface area contributed by atoms with Gasteiger partial charge in [0.15, 0.2) is 0 Å². The van der Waals surface area contributed by atoms with Crippen molar-refractivity contribution in [3.8, 4) is 0 Å². The molecule has 0 saturated carbocycles. The highest BCUT2D eigenvalue weighted by Gasteiger charge is 2.24. The van der Waals surface area contributed by atoms with Crippen molar-refractivity contribution in [2.75, 3.05) is 31.1 Å². The number of hydrogen-bond donors (Lipinski definition) is 0. The maximum atomic E-state index is 6.14. The Morgan fingerprint density at radius 2 is 0.931 bits per heavy atom. The van der Waals surface area contributed by atoms with Gasteiger partial charge in [-0.15, -0.1) is 0 Å².